The SMILES string of the molecule is Cc1ccc2cccc(NC(=O)c3c[nH]ccc3=O)c2n1. The second-order valence-corrected chi connectivity index (χ2v) is 4.71. The van der Waals surface area contributed by atoms with Crippen LogP contribution >= 0.6 is 0 Å². The normalized spacial score (nSPS) is 10.5. The molecule has 1 aromatic carbocycles. The van der Waals surface area contributed by atoms with Crippen LogP contribution in [0.2, 0.25) is 0 Å². The standard InChI is InChI=1S/C16H13N3O2/c1-10-5-6-11-3-2-4-13(15(11)18-10)19-16(21)12-9-17-8-7-14(12)20/h2-9H,1H3,(H,17,20)(H,19,21). The van der Waals surface area contributed by atoms with Gasteiger partial charge in [0, 0.05) is 29.5 Å². The third-order valence-electron chi connectivity index (χ3n) is 3.18. The van der Waals surface area contributed by atoms with Gasteiger partial charge >= 0.3 is 0 Å². The predicted molar refractivity (Wildman–Crippen MR) is 81.5 cm³/mol. The minimum absolute atomic E-state index is 0.0714. The fourth-order valence-corrected chi connectivity index (χ4v) is 2.13. The number of rotatable bonds is 2. The molecule has 3 rings (SSSR count). The number of hydrogen-bond acceptors (Lipinski definition) is 3. The number of nitrogens with zero attached hydrogens (tertiary/aromatic N) is 1. The number of anilines is 1. The Morgan fingerprint density at radius 2 is 2.05 bits per heavy atom. The van der Waals surface area contributed by atoms with E-state index in [0.29, 0.717) is 11.2 Å². The van der Waals surface area contributed by atoms with Gasteiger partial charge in [0.15, 0.2) is 5.43 Å². The van der Waals surface area contributed by atoms with Crippen LogP contribution in [0.25, 0.3) is 10.9 Å². The highest BCUT2D eigenvalue weighted by Gasteiger charge is 2.12. The van der Waals surface area contributed by atoms with Crippen LogP contribution < -0.4 is 10.7 Å². The number of carbonyl (C=O) groups excluding carboxylic acids is 1. The molecule has 0 saturated carbocycles. The molecule has 3 aromatic rings. The summed E-state index contributed by atoms with van der Waals surface area (Å²) in [6.07, 6.45) is 2.88. The highest BCUT2D eigenvalue weighted by atomic mass is 16.2. The molecule has 0 spiro atoms. The fourth-order valence-electron chi connectivity index (χ4n) is 2.13. The van der Waals surface area contributed by atoms with Gasteiger partial charge < -0.3 is 10.3 Å². The number of hydrogen-bond donors (Lipinski definition) is 2. The molecule has 0 unspecified atom stereocenters. The number of carbonyl (C=O) groups is 1. The Hall–Kier alpha value is -2.95. The minimum Gasteiger partial charge on any atom is -0.367 e. The number of fused-ring (bicyclic) bond motifs is 1. The Labute approximate surface area is 120 Å². The van der Waals surface area contributed by atoms with Gasteiger partial charge in [-0.3, -0.25) is 14.6 Å². The topological polar surface area (TPSA) is 74.8 Å². The quantitative estimate of drug-likeness (QED) is 0.756. The Kier molecular flexibility index (Phi) is 3.23. The first kappa shape index (κ1) is 13.1. The molecule has 0 bridgehead atoms. The summed E-state index contributed by atoms with van der Waals surface area (Å²) in [5, 5.41) is 3.68. The summed E-state index contributed by atoms with van der Waals surface area (Å²) in [6.45, 7) is 1.89. The van der Waals surface area contributed by atoms with Crippen molar-refractivity contribution in [2.45, 2.75) is 6.92 Å². The number of aromatic amines is 1. The van der Waals surface area contributed by atoms with Crippen molar-refractivity contribution < 1.29 is 4.79 Å². The maximum absolute atomic E-state index is 12.2. The molecule has 1 amide bonds. The fraction of sp³-hybridized carbons (Fsp3) is 0.0625. The van der Waals surface area contributed by atoms with Gasteiger partial charge in [-0.1, -0.05) is 18.2 Å². The van der Waals surface area contributed by atoms with E-state index in [-0.39, 0.29) is 11.0 Å². The maximum atomic E-state index is 12.2. The molecule has 0 radical (unpaired) electrons. The molecule has 0 aliphatic carbocycles. The smallest absolute Gasteiger partial charge is 0.261 e. The molecule has 0 fully saturated rings. The van der Waals surface area contributed by atoms with Crippen molar-refractivity contribution in [1.29, 1.82) is 0 Å². The molecule has 0 saturated heterocycles. The summed E-state index contributed by atoms with van der Waals surface area (Å²) in [5.74, 6) is -0.451. The van der Waals surface area contributed by atoms with Gasteiger partial charge in [0.05, 0.1) is 11.2 Å². The molecule has 0 aliphatic rings. The molecule has 21 heavy (non-hydrogen) atoms. The number of aryl methyl sites for hydroxylation is 1. The number of pyridine rings is 2. The van der Waals surface area contributed by atoms with Gasteiger partial charge in [-0.15, -0.1) is 0 Å². The monoisotopic (exact) mass is 279 g/mol. The van der Waals surface area contributed by atoms with Crippen LogP contribution in [0.1, 0.15) is 16.1 Å². The second kappa shape index (κ2) is 5.20. The lowest BCUT2D eigenvalue weighted by Gasteiger charge is -2.08. The summed E-state index contributed by atoms with van der Waals surface area (Å²) in [6, 6.07) is 10.7. The molecule has 2 heterocycles. The predicted octanol–water partition coefficient (Wildman–Crippen LogP) is 2.48. The third-order valence-corrected chi connectivity index (χ3v) is 3.18. The zero-order chi connectivity index (χ0) is 14.8. The van der Waals surface area contributed by atoms with Gasteiger partial charge in [0.25, 0.3) is 5.91 Å². The van der Waals surface area contributed by atoms with Crippen molar-refractivity contribution in [1.82, 2.24) is 9.97 Å². The van der Waals surface area contributed by atoms with E-state index in [9.17, 15) is 9.59 Å². The number of aromatic nitrogens is 2. The van der Waals surface area contributed by atoms with Crippen molar-refractivity contribution in [3.63, 3.8) is 0 Å². The average molecular weight is 279 g/mol. The van der Waals surface area contributed by atoms with E-state index in [1.807, 2.05) is 31.2 Å². The number of amides is 1. The van der Waals surface area contributed by atoms with E-state index in [1.165, 1.54) is 18.5 Å². The molecule has 5 heteroatoms. The second-order valence-electron chi connectivity index (χ2n) is 4.71. The van der Waals surface area contributed by atoms with Crippen molar-refractivity contribution in [3.8, 4) is 0 Å². The molecule has 5 nitrogen and oxygen atoms in total. The van der Waals surface area contributed by atoms with E-state index in [4.69, 9.17) is 0 Å². The van der Waals surface area contributed by atoms with E-state index >= 15 is 0 Å². The zero-order valence-corrected chi connectivity index (χ0v) is 11.4. The highest BCUT2D eigenvalue weighted by Crippen LogP contribution is 2.22. The Balaban J connectivity index is 2.02. The van der Waals surface area contributed by atoms with Gasteiger partial charge in [0.1, 0.15) is 5.56 Å². The summed E-state index contributed by atoms with van der Waals surface area (Å²) < 4.78 is 0. The van der Waals surface area contributed by atoms with Crippen LogP contribution in [0.5, 0.6) is 0 Å². The van der Waals surface area contributed by atoms with Crippen molar-refractivity contribution in [3.05, 3.63) is 70.3 Å². The van der Waals surface area contributed by atoms with Crippen LogP contribution in [-0.2, 0) is 0 Å². The number of para-hydroxylation sites is 1. The molecule has 0 aliphatic heterocycles. The van der Waals surface area contributed by atoms with E-state index in [0.717, 1.165) is 11.1 Å². The maximum Gasteiger partial charge on any atom is 0.261 e. The lowest BCUT2D eigenvalue weighted by Crippen LogP contribution is -2.21. The zero-order valence-electron chi connectivity index (χ0n) is 11.4. The van der Waals surface area contributed by atoms with Crippen molar-refractivity contribution in [2.75, 3.05) is 5.32 Å². The van der Waals surface area contributed by atoms with Gasteiger partial charge in [-0.05, 0) is 19.1 Å². The molecule has 2 N–H and O–H groups in total. The number of benzene rings is 1. The summed E-state index contributed by atoms with van der Waals surface area (Å²) in [5.41, 5.74) is 1.90. The lowest BCUT2D eigenvalue weighted by atomic mass is 10.1. The van der Waals surface area contributed by atoms with Crippen molar-refractivity contribution in [2.24, 2.45) is 0 Å². The molecular formula is C16H13N3O2. The summed E-state index contributed by atoms with van der Waals surface area (Å²) in [7, 11) is 0. The van der Waals surface area contributed by atoms with Gasteiger partial charge in [-0.25, -0.2) is 0 Å². The largest absolute Gasteiger partial charge is 0.367 e. The summed E-state index contributed by atoms with van der Waals surface area (Å²) >= 11 is 0. The molecule has 104 valence electrons. The van der Waals surface area contributed by atoms with E-state index < -0.39 is 5.91 Å². The minimum atomic E-state index is -0.451. The molecule has 2 aromatic heterocycles. The third kappa shape index (κ3) is 2.53. The first-order valence-corrected chi connectivity index (χ1v) is 6.50. The Bertz CT molecular complexity index is 884. The van der Waals surface area contributed by atoms with Gasteiger partial charge in [-0.2, -0.15) is 0 Å². The Morgan fingerprint density at radius 3 is 2.86 bits per heavy atom. The first-order chi connectivity index (χ1) is 10.1. The first-order valence-electron chi connectivity index (χ1n) is 6.50. The van der Waals surface area contributed by atoms with Crippen LogP contribution in [0.15, 0.2) is 53.6 Å². The van der Waals surface area contributed by atoms with Crippen LogP contribution in [-0.4, -0.2) is 15.9 Å². The van der Waals surface area contributed by atoms with Crippen LogP contribution in [0, 0.1) is 6.92 Å². The van der Waals surface area contributed by atoms with E-state index in [2.05, 4.69) is 15.3 Å². The number of H-pyrrole nitrogens is 1. The van der Waals surface area contributed by atoms with Crippen LogP contribution in [0.3, 0.4) is 0 Å². The van der Waals surface area contributed by atoms with E-state index in [1.54, 1.807) is 6.07 Å². The summed E-state index contributed by atoms with van der Waals surface area (Å²) in [4.78, 5) is 31.1. The van der Waals surface area contributed by atoms with Gasteiger partial charge in [0.2, 0.25) is 0 Å². The lowest BCUT2D eigenvalue weighted by molar-refractivity contribution is 0.102. The Morgan fingerprint density at radius 1 is 1.19 bits per heavy atom. The highest BCUT2D eigenvalue weighted by molar-refractivity contribution is 6.08. The molecular weight excluding hydrogens is 266 g/mol. The molecule has 0 atom stereocenters. The average Bonchev–Trinajstić information content (AvgIpc) is 2.48. The van der Waals surface area contributed by atoms with Crippen molar-refractivity contribution >= 4 is 22.5 Å². The number of nitrogens with one attached hydrogen (secondary N) is 2. The van der Waals surface area contributed by atoms with Crippen LogP contribution in [0.4, 0.5) is 5.69 Å².